The van der Waals surface area contributed by atoms with Gasteiger partial charge in [0.1, 0.15) is 12.2 Å². The number of hydrogen-bond donors (Lipinski definition) is 6. The molecule has 2 bridgehead atoms. The number of hydrogen-bond acceptors (Lipinski definition) is 11. The SMILES string of the molecule is C=C(CC[C@@]12O[C@H](C(=O)O)[C@@](O)(C(=O)O)[C@@](C(=O)O)(O1)[C@H](OC(=O)NC1CC1)[C@H]2O)C(OC(C)=O)C(C)Cc1ccccc1. The number of fused-ring (bicyclic) bond motifs is 2. The fourth-order valence-electron chi connectivity index (χ4n) is 5.84. The third kappa shape index (κ3) is 5.75. The van der Waals surface area contributed by atoms with Crippen LogP contribution in [-0.4, -0.2) is 103 Å². The molecule has 3 fully saturated rings. The third-order valence-electron chi connectivity index (χ3n) is 8.14. The predicted molar refractivity (Wildman–Crippen MR) is 145 cm³/mol. The van der Waals surface area contributed by atoms with Gasteiger partial charge in [-0.3, -0.25) is 4.79 Å². The number of carboxylic acid groups (broad SMARTS) is 3. The van der Waals surface area contributed by atoms with Crippen LogP contribution in [0.2, 0.25) is 0 Å². The first-order valence-corrected chi connectivity index (χ1v) is 13.9. The van der Waals surface area contributed by atoms with Crippen LogP contribution in [0.1, 0.15) is 45.1 Å². The van der Waals surface area contributed by atoms with Crippen molar-refractivity contribution in [3.05, 3.63) is 48.0 Å². The molecule has 15 nitrogen and oxygen atoms in total. The summed E-state index contributed by atoms with van der Waals surface area (Å²) in [5.74, 6) is -10.3. The predicted octanol–water partition coefficient (Wildman–Crippen LogP) is 0.600. The maximum absolute atomic E-state index is 12.8. The lowest BCUT2D eigenvalue weighted by molar-refractivity contribution is -0.373. The molecular weight excluding hydrogens is 586 g/mol. The number of carbonyl (C=O) groups excluding carboxylic acids is 2. The van der Waals surface area contributed by atoms with E-state index in [4.69, 9.17) is 18.9 Å². The van der Waals surface area contributed by atoms with Crippen molar-refractivity contribution >= 4 is 30.0 Å². The molecule has 1 saturated carbocycles. The molecule has 1 aromatic rings. The highest BCUT2D eigenvalue weighted by Crippen LogP contribution is 2.56. The second kappa shape index (κ2) is 12.1. The standard InChI is InChI=1S/C29H35NO14/c1-14(19(41-16(3)31)15(2)13-17-7-5-4-6-8-17)11-12-27-20(32)21(42-26(39)30-18-9-10-18)29(44-27,25(37)38)28(40,24(35)36)22(43-27)23(33)34/h4-8,15,18-22,32,40H,1,9-13H2,2-3H3,(H,30,39)(H,33,34)(H,35,36)(H,37,38)/t15?,19?,20-,21-,22-,27-,28-,29-/m1/s1. The summed E-state index contributed by atoms with van der Waals surface area (Å²) in [5.41, 5.74) is -6.23. The highest BCUT2D eigenvalue weighted by atomic mass is 16.8. The molecule has 240 valence electrons. The molecule has 1 amide bonds. The van der Waals surface area contributed by atoms with Gasteiger partial charge in [-0.05, 0) is 36.8 Å². The summed E-state index contributed by atoms with van der Waals surface area (Å²) in [6.07, 6.45) is -8.87. The van der Waals surface area contributed by atoms with Crippen LogP contribution in [0.25, 0.3) is 0 Å². The Kier molecular flexibility index (Phi) is 9.07. The molecule has 2 heterocycles. The van der Waals surface area contributed by atoms with Crippen LogP contribution in [0, 0.1) is 5.92 Å². The Morgan fingerprint density at radius 2 is 1.73 bits per heavy atom. The van der Waals surface area contributed by atoms with E-state index in [2.05, 4.69) is 11.9 Å². The highest BCUT2D eigenvalue weighted by molar-refractivity contribution is 5.98. The topological polar surface area (TPSA) is 235 Å². The van der Waals surface area contributed by atoms with Crippen LogP contribution in [-0.2, 0) is 44.5 Å². The van der Waals surface area contributed by atoms with Crippen molar-refractivity contribution in [1.29, 1.82) is 0 Å². The summed E-state index contributed by atoms with van der Waals surface area (Å²) in [6, 6.07) is 8.96. The zero-order chi connectivity index (χ0) is 32.6. The first-order valence-electron chi connectivity index (χ1n) is 13.9. The van der Waals surface area contributed by atoms with E-state index in [-0.39, 0.29) is 24.0 Å². The maximum Gasteiger partial charge on any atom is 0.407 e. The van der Waals surface area contributed by atoms with Gasteiger partial charge in [-0.15, -0.1) is 0 Å². The highest BCUT2D eigenvalue weighted by Gasteiger charge is 2.86. The Morgan fingerprint density at radius 1 is 1.09 bits per heavy atom. The molecule has 2 saturated heterocycles. The van der Waals surface area contributed by atoms with E-state index in [0.717, 1.165) is 5.56 Å². The Morgan fingerprint density at radius 3 is 2.25 bits per heavy atom. The molecule has 44 heavy (non-hydrogen) atoms. The summed E-state index contributed by atoms with van der Waals surface area (Å²) in [6.45, 7) is 6.98. The van der Waals surface area contributed by atoms with E-state index < -0.39 is 77.8 Å². The summed E-state index contributed by atoms with van der Waals surface area (Å²) >= 11 is 0. The van der Waals surface area contributed by atoms with Gasteiger partial charge < -0.3 is 49.8 Å². The molecule has 0 radical (unpaired) electrons. The van der Waals surface area contributed by atoms with Gasteiger partial charge in [-0.2, -0.15) is 0 Å². The zero-order valence-corrected chi connectivity index (χ0v) is 24.0. The summed E-state index contributed by atoms with van der Waals surface area (Å²) in [4.78, 5) is 61.9. The molecule has 4 rings (SSSR count). The lowest BCUT2D eigenvalue weighted by Gasteiger charge is -2.48. The quantitative estimate of drug-likeness (QED) is 0.131. The van der Waals surface area contributed by atoms with Gasteiger partial charge in [0.25, 0.3) is 5.60 Å². The van der Waals surface area contributed by atoms with Gasteiger partial charge in [0.15, 0.2) is 6.10 Å². The van der Waals surface area contributed by atoms with E-state index in [9.17, 15) is 49.5 Å². The van der Waals surface area contributed by atoms with Gasteiger partial charge in [0.05, 0.1) is 0 Å². The van der Waals surface area contributed by atoms with Crippen molar-refractivity contribution in [3.8, 4) is 0 Å². The van der Waals surface area contributed by atoms with E-state index >= 15 is 0 Å². The number of ether oxygens (including phenoxy) is 4. The number of amides is 1. The lowest BCUT2D eigenvalue weighted by atomic mass is 9.74. The number of aliphatic hydroxyl groups is 2. The van der Waals surface area contributed by atoms with Gasteiger partial charge in [-0.1, -0.05) is 43.8 Å². The number of esters is 1. The minimum atomic E-state index is -3.88. The number of aliphatic hydroxyl groups excluding tert-OH is 1. The number of benzene rings is 1. The number of carboxylic acids is 3. The molecule has 0 spiro atoms. The summed E-state index contributed by atoms with van der Waals surface area (Å²) < 4.78 is 21.7. The molecule has 3 aliphatic rings. The molecule has 8 atom stereocenters. The third-order valence-corrected chi connectivity index (χ3v) is 8.14. The van der Waals surface area contributed by atoms with E-state index in [1.807, 2.05) is 30.3 Å². The van der Waals surface area contributed by atoms with Crippen LogP contribution in [0.5, 0.6) is 0 Å². The van der Waals surface area contributed by atoms with Crippen molar-refractivity contribution in [1.82, 2.24) is 5.32 Å². The Balaban J connectivity index is 1.69. The lowest BCUT2D eigenvalue weighted by Crippen LogP contribution is -2.78. The second-order valence-corrected chi connectivity index (χ2v) is 11.4. The van der Waals surface area contributed by atoms with Crippen LogP contribution < -0.4 is 5.32 Å². The Labute approximate surface area is 251 Å². The Hall–Kier alpha value is -4.05. The van der Waals surface area contributed by atoms with Crippen molar-refractivity contribution in [2.45, 2.75) is 93.4 Å². The van der Waals surface area contributed by atoms with Crippen molar-refractivity contribution < 1.29 is 68.5 Å². The zero-order valence-electron chi connectivity index (χ0n) is 24.0. The van der Waals surface area contributed by atoms with Crippen molar-refractivity contribution in [3.63, 3.8) is 0 Å². The smallest absolute Gasteiger partial charge is 0.407 e. The van der Waals surface area contributed by atoms with Gasteiger partial charge in [-0.25, -0.2) is 19.2 Å². The second-order valence-electron chi connectivity index (χ2n) is 11.4. The van der Waals surface area contributed by atoms with Crippen LogP contribution >= 0.6 is 0 Å². The van der Waals surface area contributed by atoms with Gasteiger partial charge in [0.2, 0.25) is 17.5 Å². The van der Waals surface area contributed by atoms with E-state index in [0.29, 0.717) is 19.3 Å². The number of alkyl carbamates (subject to hydrolysis) is 1. The molecular formula is C29H35NO14. The maximum atomic E-state index is 12.8. The van der Waals surface area contributed by atoms with Crippen molar-refractivity contribution in [2.24, 2.45) is 5.92 Å². The fourth-order valence-corrected chi connectivity index (χ4v) is 5.84. The largest absolute Gasteiger partial charge is 0.479 e. The van der Waals surface area contributed by atoms with Crippen LogP contribution in [0.4, 0.5) is 4.79 Å². The molecule has 15 heteroatoms. The number of nitrogens with one attached hydrogen (secondary N) is 1. The number of aliphatic carboxylic acids is 3. The van der Waals surface area contributed by atoms with Crippen LogP contribution in [0.15, 0.2) is 42.5 Å². The average molecular weight is 622 g/mol. The minimum Gasteiger partial charge on any atom is -0.479 e. The summed E-state index contributed by atoms with van der Waals surface area (Å²) in [7, 11) is 0. The average Bonchev–Trinajstić information content (AvgIpc) is 3.74. The molecule has 1 aliphatic carbocycles. The van der Waals surface area contributed by atoms with Crippen LogP contribution in [0.3, 0.4) is 0 Å². The van der Waals surface area contributed by atoms with Gasteiger partial charge >= 0.3 is 30.0 Å². The normalized spacial score (nSPS) is 32.1. The van der Waals surface area contributed by atoms with Gasteiger partial charge in [0, 0.05) is 25.3 Å². The molecule has 1 aromatic carbocycles. The number of carbonyl (C=O) groups is 5. The summed E-state index contributed by atoms with van der Waals surface area (Å²) in [5, 5.41) is 55.2. The minimum absolute atomic E-state index is 0.233. The Bertz CT molecular complexity index is 1330. The van der Waals surface area contributed by atoms with Crippen molar-refractivity contribution in [2.75, 3.05) is 0 Å². The fraction of sp³-hybridized carbons (Fsp3) is 0.552. The van der Waals surface area contributed by atoms with E-state index in [1.165, 1.54) is 6.92 Å². The number of rotatable bonds is 13. The first kappa shape index (κ1) is 32.9. The molecule has 2 unspecified atom stereocenters. The first-order chi connectivity index (χ1) is 20.6. The molecule has 6 N–H and O–H groups in total. The molecule has 0 aromatic heterocycles. The molecule has 2 aliphatic heterocycles. The van der Waals surface area contributed by atoms with E-state index in [1.54, 1.807) is 6.92 Å². The monoisotopic (exact) mass is 621 g/mol.